The molecule has 1 fully saturated rings. The van der Waals surface area contributed by atoms with E-state index >= 15 is 0 Å². The number of rotatable bonds is 6. The first-order chi connectivity index (χ1) is 13.3. The number of nitrogens with zero attached hydrogens (tertiary/aromatic N) is 3. The third-order valence-electron chi connectivity index (χ3n) is 4.67. The second-order valence-corrected chi connectivity index (χ2v) is 8.40. The zero-order valence-corrected chi connectivity index (χ0v) is 15.8. The van der Waals surface area contributed by atoms with Gasteiger partial charge in [-0.3, -0.25) is 19.8 Å². The van der Waals surface area contributed by atoms with E-state index in [1.165, 1.54) is 22.5 Å². The van der Waals surface area contributed by atoms with Crippen molar-refractivity contribution < 1.29 is 18.1 Å². The standard InChI is InChI=1S/C18H20N4O5S/c19-18(23)14-6-7-15(17(12-14)22(24)25)13-20-8-10-21(11-9-20)28(26,27)16-4-2-1-3-5-16/h1-7,12H,8-11,13H2,(H2,19,23). The topological polar surface area (TPSA) is 127 Å². The Morgan fingerprint density at radius 1 is 1.07 bits per heavy atom. The summed E-state index contributed by atoms with van der Waals surface area (Å²) < 4.78 is 26.8. The van der Waals surface area contributed by atoms with Gasteiger partial charge in [0.1, 0.15) is 0 Å². The Kier molecular flexibility index (Phi) is 5.73. The molecule has 1 amide bonds. The van der Waals surface area contributed by atoms with Crippen molar-refractivity contribution in [2.75, 3.05) is 26.2 Å². The molecule has 0 spiro atoms. The zero-order chi connectivity index (χ0) is 20.3. The largest absolute Gasteiger partial charge is 0.366 e. The number of piperazine rings is 1. The molecule has 0 aliphatic carbocycles. The Labute approximate surface area is 162 Å². The molecule has 2 aromatic carbocycles. The summed E-state index contributed by atoms with van der Waals surface area (Å²) in [4.78, 5) is 24.2. The molecule has 0 saturated carbocycles. The molecule has 0 unspecified atom stereocenters. The number of carbonyl (C=O) groups excluding carboxylic acids is 1. The third kappa shape index (κ3) is 4.19. The Balaban J connectivity index is 1.70. The van der Waals surface area contributed by atoms with E-state index in [4.69, 9.17) is 5.73 Å². The summed E-state index contributed by atoms with van der Waals surface area (Å²) in [5.74, 6) is -0.727. The van der Waals surface area contributed by atoms with Gasteiger partial charge in [-0.05, 0) is 18.2 Å². The van der Waals surface area contributed by atoms with Crippen molar-refractivity contribution in [3.8, 4) is 0 Å². The summed E-state index contributed by atoms with van der Waals surface area (Å²) in [6, 6.07) is 12.4. The summed E-state index contributed by atoms with van der Waals surface area (Å²) in [6.07, 6.45) is 0. The monoisotopic (exact) mass is 404 g/mol. The molecular weight excluding hydrogens is 384 g/mol. The van der Waals surface area contributed by atoms with E-state index in [1.54, 1.807) is 30.3 Å². The second kappa shape index (κ2) is 8.05. The molecule has 1 aliphatic heterocycles. The summed E-state index contributed by atoms with van der Waals surface area (Å²) in [5.41, 5.74) is 5.55. The van der Waals surface area contributed by atoms with E-state index in [-0.39, 0.29) is 22.7 Å². The number of nitrogens with two attached hydrogens (primary N) is 1. The molecule has 0 radical (unpaired) electrons. The highest BCUT2D eigenvalue weighted by Gasteiger charge is 2.29. The van der Waals surface area contributed by atoms with E-state index in [0.29, 0.717) is 31.7 Å². The van der Waals surface area contributed by atoms with Gasteiger partial charge in [0.25, 0.3) is 5.69 Å². The molecule has 3 rings (SSSR count). The van der Waals surface area contributed by atoms with Crippen molar-refractivity contribution in [3.05, 3.63) is 69.8 Å². The van der Waals surface area contributed by atoms with Gasteiger partial charge in [0.05, 0.1) is 9.82 Å². The minimum atomic E-state index is -3.55. The third-order valence-corrected chi connectivity index (χ3v) is 6.59. The molecule has 1 aliphatic rings. The van der Waals surface area contributed by atoms with Gasteiger partial charge < -0.3 is 5.73 Å². The summed E-state index contributed by atoms with van der Waals surface area (Å²) >= 11 is 0. The number of benzene rings is 2. The lowest BCUT2D eigenvalue weighted by atomic mass is 10.1. The van der Waals surface area contributed by atoms with Crippen molar-refractivity contribution >= 4 is 21.6 Å². The van der Waals surface area contributed by atoms with Crippen LogP contribution in [-0.2, 0) is 16.6 Å². The van der Waals surface area contributed by atoms with E-state index < -0.39 is 20.9 Å². The molecular formula is C18H20N4O5S. The van der Waals surface area contributed by atoms with E-state index in [1.807, 2.05) is 4.90 Å². The normalized spacial score (nSPS) is 16.0. The molecule has 10 heteroatoms. The van der Waals surface area contributed by atoms with Crippen molar-refractivity contribution in [1.29, 1.82) is 0 Å². The fourth-order valence-corrected chi connectivity index (χ4v) is 4.57. The number of hydrogen-bond donors (Lipinski definition) is 1. The fourth-order valence-electron chi connectivity index (χ4n) is 3.13. The molecule has 0 bridgehead atoms. The van der Waals surface area contributed by atoms with E-state index in [9.17, 15) is 23.3 Å². The molecule has 0 aromatic heterocycles. The quantitative estimate of drug-likeness (QED) is 0.569. The van der Waals surface area contributed by atoms with Gasteiger partial charge in [-0.2, -0.15) is 4.31 Å². The molecule has 1 saturated heterocycles. The maximum Gasteiger partial charge on any atom is 0.274 e. The molecule has 28 heavy (non-hydrogen) atoms. The van der Waals surface area contributed by atoms with Crippen LogP contribution in [-0.4, -0.2) is 54.6 Å². The average Bonchev–Trinajstić information content (AvgIpc) is 2.69. The maximum absolute atomic E-state index is 12.7. The van der Waals surface area contributed by atoms with Crippen molar-refractivity contribution in [2.24, 2.45) is 5.73 Å². The lowest BCUT2D eigenvalue weighted by Gasteiger charge is -2.33. The minimum Gasteiger partial charge on any atom is -0.366 e. The Morgan fingerprint density at radius 3 is 2.29 bits per heavy atom. The Hall–Kier alpha value is -2.82. The van der Waals surface area contributed by atoms with Crippen LogP contribution in [0.3, 0.4) is 0 Å². The molecule has 9 nitrogen and oxygen atoms in total. The molecule has 2 N–H and O–H groups in total. The number of carbonyl (C=O) groups is 1. The minimum absolute atomic E-state index is 0.0780. The van der Waals surface area contributed by atoms with Crippen LogP contribution < -0.4 is 5.73 Å². The van der Waals surface area contributed by atoms with Crippen molar-refractivity contribution in [1.82, 2.24) is 9.21 Å². The van der Waals surface area contributed by atoms with Crippen LogP contribution in [0.1, 0.15) is 15.9 Å². The van der Waals surface area contributed by atoms with Crippen LogP contribution in [0.5, 0.6) is 0 Å². The number of sulfonamides is 1. The van der Waals surface area contributed by atoms with Crippen LogP contribution in [0.25, 0.3) is 0 Å². The molecule has 2 aromatic rings. The average molecular weight is 404 g/mol. The molecule has 0 atom stereocenters. The lowest BCUT2D eigenvalue weighted by Crippen LogP contribution is -2.48. The van der Waals surface area contributed by atoms with Gasteiger partial charge in [-0.25, -0.2) is 8.42 Å². The summed E-state index contributed by atoms with van der Waals surface area (Å²) in [5, 5.41) is 11.3. The van der Waals surface area contributed by atoms with Gasteiger partial charge in [-0.1, -0.05) is 24.3 Å². The predicted octanol–water partition coefficient (Wildman–Crippen LogP) is 1.20. The van der Waals surface area contributed by atoms with Crippen LogP contribution in [0.4, 0.5) is 5.69 Å². The number of nitro groups is 1. The van der Waals surface area contributed by atoms with Gasteiger partial charge >= 0.3 is 0 Å². The first-order valence-corrected chi connectivity index (χ1v) is 10.1. The van der Waals surface area contributed by atoms with Crippen LogP contribution in [0.15, 0.2) is 53.4 Å². The molecule has 148 valence electrons. The second-order valence-electron chi connectivity index (χ2n) is 6.46. The summed E-state index contributed by atoms with van der Waals surface area (Å²) in [7, 11) is -3.55. The van der Waals surface area contributed by atoms with E-state index in [0.717, 1.165) is 0 Å². The van der Waals surface area contributed by atoms with Gasteiger partial charge in [0.15, 0.2) is 0 Å². The SMILES string of the molecule is NC(=O)c1ccc(CN2CCN(S(=O)(=O)c3ccccc3)CC2)c([N+](=O)[O-])c1. The number of nitro benzene ring substituents is 1. The number of amides is 1. The summed E-state index contributed by atoms with van der Waals surface area (Å²) in [6.45, 7) is 1.77. The number of hydrogen-bond acceptors (Lipinski definition) is 6. The highest BCUT2D eigenvalue weighted by atomic mass is 32.2. The van der Waals surface area contributed by atoms with Crippen LogP contribution in [0.2, 0.25) is 0 Å². The van der Waals surface area contributed by atoms with Crippen molar-refractivity contribution in [2.45, 2.75) is 11.4 Å². The smallest absolute Gasteiger partial charge is 0.274 e. The van der Waals surface area contributed by atoms with Crippen molar-refractivity contribution in [3.63, 3.8) is 0 Å². The number of primary amides is 1. The van der Waals surface area contributed by atoms with Crippen LogP contribution in [0, 0.1) is 10.1 Å². The van der Waals surface area contributed by atoms with E-state index in [2.05, 4.69) is 0 Å². The zero-order valence-electron chi connectivity index (χ0n) is 15.0. The lowest BCUT2D eigenvalue weighted by molar-refractivity contribution is -0.385. The predicted molar refractivity (Wildman–Crippen MR) is 102 cm³/mol. The van der Waals surface area contributed by atoms with Gasteiger partial charge in [-0.15, -0.1) is 0 Å². The van der Waals surface area contributed by atoms with Gasteiger partial charge in [0, 0.05) is 49.9 Å². The Bertz CT molecular complexity index is 986. The molecule has 1 heterocycles. The highest BCUT2D eigenvalue weighted by molar-refractivity contribution is 7.89. The van der Waals surface area contributed by atoms with Crippen LogP contribution >= 0.6 is 0 Å². The highest BCUT2D eigenvalue weighted by Crippen LogP contribution is 2.23. The maximum atomic E-state index is 12.7. The fraction of sp³-hybridized carbons (Fsp3) is 0.278. The van der Waals surface area contributed by atoms with Gasteiger partial charge in [0.2, 0.25) is 15.9 Å². The first kappa shape index (κ1) is 19.9. The first-order valence-electron chi connectivity index (χ1n) is 8.63. The Morgan fingerprint density at radius 2 is 1.71 bits per heavy atom.